The molecule has 1 saturated carbocycles. The van der Waals surface area contributed by atoms with Crippen LogP contribution in [0.2, 0.25) is 0 Å². The number of hydrogen-bond acceptors (Lipinski definition) is 4. The van der Waals surface area contributed by atoms with Gasteiger partial charge in [0.1, 0.15) is 5.75 Å². The van der Waals surface area contributed by atoms with E-state index in [1.54, 1.807) is 6.21 Å². The van der Waals surface area contributed by atoms with Crippen molar-refractivity contribution in [1.82, 2.24) is 5.01 Å². The predicted octanol–water partition coefficient (Wildman–Crippen LogP) is 3.77. The Hall–Kier alpha value is -2.95. The Labute approximate surface area is 163 Å². The van der Waals surface area contributed by atoms with E-state index in [0.717, 1.165) is 34.2 Å². The molecule has 4 atom stereocenters. The molecule has 5 nitrogen and oxygen atoms in total. The van der Waals surface area contributed by atoms with E-state index in [4.69, 9.17) is 4.74 Å². The lowest BCUT2D eigenvalue weighted by Gasteiger charge is -2.13. The van der Waals surface area contributed by atoms with E-state index >= 15 is 0 Å². The minimum absolute atomic E-state index is 0.167. The van der Waals surface area contributed by atoms with Crippen LogP contribution in [0, 0.1) is 23.7 Å². The Morgan fingerprint density at radius 1 is 1.07 bits per heavy atom. The van der Waals surface area contributed by atoms with Crippen LogP contribution in [0.15, 0.2) is 53.7 Å². The number of allylic oxidation sites excluding steroid dienone is 2. The van der Waals surface area contributed by atoms with Crippen molar-refractivity contribution in [3.63, 3.8) is 0 Å². The topological polar surface area (TPSA) is 59.0 Å². The summed E-state index contributed by atoms with van der Waals surface area (Å²) < 4.78 is 5.89. The number of amides is 2. The van der Waals surface area contributed by atoms with Crippen LogP contribution >= 0.6 is 0 Å². The van der Waals surface area contributed by atoms with E-state index in [1.165, 1.54) is 0 Å². The number of hydrogen-bond donors (Lipinski definition) is 0. The number of nitrogens with zero attached hydrogens (tertiary/aromatic N) is 2. The van der Waals surface area contributed by atoms with Crippen LogP contribution in [0.3, 0.4) is 0 Å². The smallest absolute Gasteiger partial charge is 0.254 e. The molecule has 28 heavy (non-hydrogen) atoms. The van der Waals surface area contributed by atoms with Crippen molar-refractivity contribution in [3.8, 4) is 5.75 Å². The Bertz CT molecular complexity index is 996. The van der Waals surface area contributed by atoms with E-state index < -0.39 is 0 Å². The molecule has 2 aromatic carbocycles. The quantitative estimate of drug-likeness (QED) is 0.455. The van der Waals surface area contributed by atoms with Gasteiger partial charge >= 0.3 is 0 Å². The van der Waals surface area contributed by atoms with E-state index in [1.807, 2.05) is 36.4 Å². The van der Waals surface area contributed by atoms with Crippen molar-refractivity contribution in [1.29, 1.82) is 0 Å². The fourth-order valence-corrected chi connectivity index (χ4v) is 4.86. The number of rotatable bonds is 5. The molecular formula is C23H22N2O3. The first-order valence-corrected chi connectivity index (χ1v) is 9.93. The molecule has 5 heteroatoms. The van der Waals surface area contributed by atoms with Gasteiger partial charge in [-0.05, 0) is 41.5 Å². The van der Waals surface area contributed by atoms with Crippen LogP contribution in [0.4, 0.5) is 0 Å². The van der Waals surface area contributed by atoms with Gasteiger partial charge in [0.05, 0.1) is 24.7 Å². The molecule has 0 unspecified atom stereocenters. The summed E-state index contributed by atoms with van der Waals surface area (Å²) in [7, 11) is 0. The van der Waals surface area contributed by atoms with E-state index in [9.17, 15) is 9.59 Å². The average Bonchev–Trinajstić information content (AvgIpc) is 3.39. The van der Waals surface area contributed by atoms with Crippen molar-refractivity contribution >= 4 is 28.8 Å². The van der Waals surface area contributed by atoms with Crippen molar-refractivity contribution in [2.24, 2.45) is 28.8 Å². The summed E-state index contributed by atoms with van der Waals surface area (Å²) >= 11 is 0. The highest BCUT2D eigenvalue weighted by Crippen LogP contribution is 2.52. The first-order valence-electron chi connectivity index (χ1n) is 9.93. The van der Waals surface area contributed by atoms with Gasteiger partial charge in [0, 0.05) is 5.56 Å². The Morgan fingerprint density at radius 2 is 1.79 bits per heavy atom. The first kappa shape index (κ1) is 17.2. The second-order valence-corrected chi connectivity index (χ2v) is 7.78. The van der Waals surface area contributed by atoms with Crippen molar-refractivity contribution in [3.05, 3.63) is 54.1 Å². The van der Waals surface area contributed by atoms with Gasteiger partial charge in [0.15, 0.2) is 0 Å². The van der Waals surface area contributed by atoms with Gasteiger partial charge in [0.2, 0.25) is 0 Å². The van der Waals surface area contributed by atoms with Gasteiger partial charge in [-0.3, -0.25) is 9.59 Å². The zero-order valence-corrected chi connectivity index (χ0v) is 15.7. The molecule has 0 spiro atoms. The normalized spacial score (nSPS) is 28.1. The number of carbonyl (C=O) groups excluding carboxylic acids is 2. The molecular weight excluding hydrogens is 352 g/mol. The highest BCUT2D eigenvalue weighted by molar-refractivity contribution is 6.08. The average molecular weight is 374 g/mol. The molecule has 1 aliphatic heterocycles. The van der Waals surface area contributed by atoms with Gasteiger partial charge in [-0.15, -0.1) is 0 Å². The van der Waals surface area contributed by atoms with Gasteiger partial charge < -0.3 is 4.74 Å². The summed E-state index contributed by atoms with van der Waals surface area (Å²) in [6.45, 7) is 2.65. The lowest BCUT2D eigenvalue weighted by atomic mass is 9.85. The van der Waals surface area contributed by atoms with E-state index in [2.05, 4.69) is 24.2 Å². The highest BCUT2D eigenvalue weighted by Gasteiger charge is 2.59. The lowest BCUT2D eigenvalue weighted by molar-refractivity contribution is -0.140. The molecule has 2 bridgehead atoms. The summed E-state index contributed by atoms with van der Waals surface area (Å²) in [5.41, 5.74) is 0.797. The van der Waals surface area contributed by atoms with Gasteiger partial charge in [-0.1, -0.05) is 49.4 Å². The molecule has 0 aromatic heterocycles. The standard InChI is InChI=1S/C23H22N2O3/c1-2-11-28-19-10-9-14-5-3-4-6-17(14)18(19)13-24-25-22(26)20-15-7-8-16(12-15)21(20)23(25)27/h3-10,13,15-16,20-21H,2,11-12H2,1H3/t15-,16+,20-,21-/m0/s1. The van der Waals surface area contributed by atoms with Crippen LogP contribution in [-0.4, -0.2) is 29.6 Å². The van der Waals surface area contributed by atoms with Crippen molar-refractivity contribution in [2.45, 2.75) is 19.8 Å². The zero-order valence-electron chi connectivity index (χ0n) is 15.7. The maximum Gasteiger partial charge on any atom is 0.254 e. The lowest BCUT2D eigenvalue weighted by Crippen LogP contribution is -2.28. The monoisotopic (exact) mass is 374 g/mol. The zero-order chi connectivity index (χ0) is 19.3. The summed E-state index contributed by atoms with van der Waals surface area (Å²) in [6, 6.07) is 11.9. The molecule has 0 radical (unpaired) electrons. The molecule has 2 amide bonds. The summed E-state index contributed by atoms with van der Waals surface area (Å²) in [5.74, 6) is 0.287. The molecule has 142 valence electrons. The molecule has 0 N–H and O–H groups in total. The van der Waals surface area contributed by atoms with Crippen LogP contribution in [-0.2, 0) is 9.59 Å². The third-order valence-electron chi connectivity index (χ3n) is 6.14. The van der Waals surface area contributed by atoms with Crippen LogP contribution < -0.4 is 4.74 Å². The maximum absolute atomic E-state index is 12.9. The number of fused-ring (bicyclic) bond motifs is 6. The number of benzene rings is 2. The molecule has 3 aliphatic rings. The van der Waals surface area contributed by atoms with Gasteiger partial charge in [-0.25, -0.2) is 0 Å². The number of hydrazone groups is 1. The van der Waals surface area contributed by atoms with E-state index in [0.29, 0.717) is 12.4 Å². The largest absolute Gasteiger partial charge is 0.493 e. The van der Waals surface area contributed by atoms with Crippen molar-refractivity contribution in [2.75, 3.05) is 6.61 Å². The van der Waals surface area contributed by atoms with Crippen LogP contribution in [0.1, 0.15) is 25.3 Å². The Morgan fingerprint density at radius 3 is 2.50 bits per heavy atom. The summed E-state index contributed by atoms with van der Waals surface area (Å²) in [4.78, 5) is 25.7. The Kier molecular flexibility index (Phi) is 4.04. The minimum atomic E-state index is -0.233. The summed E-state index contributed by atoms with van der Waals surface area (Å²) in [6.07, 6.45) is 7.60. The third kappa shape index (κ3) is 2.49. The Balaban J connectivity index is 1.50. The number of carbonyl (C=O) groups is 2. The molecule has 2 fully saturated rings. The number of imide groups is 1. The second-order valence-electron chi connectivity index (χ2n) is 7.78. The van der Waals surface area contributed by atoms with Gasteiger partial charge in [-0.2, -0.15) is 10.1 Å². The highest BCUT2D eigenvalue weighted by atomic mass is 16.5. The summed E-state index contributed by atoms with van der Waals surface area (Å²) in [5, 5.41) is 7.49. The van der Waals surface area contributed by atoms with Crippen molar-refractivity contribution < 1.29 is 14.3 Å². The van der Waals surface area contributed by atoms with Crippen LogP contribution in [0.25, 0.3) is 10.8 Å². The maximum atomic E-state index is 12.9. The number of ether oxygens (including phenoxy) is 1. The molecule has 2 aromatic rings. The molecule has 1 saturated heterocycles. The predicted molar refractivity (Wildman–Crippen MR) is 107 cm³/mol. The third-order valence-corrected chi connectivity index (χ3v) is 6.14. The van der Waals surface area contributed by atoms with Crippen LogP contribution in [0.5, 0.6) is 5.75 Å². The first-order chi connectivity index (χ1) is 13.7. The molecule has 5 rings (SSSR count). The fraction of sp³-hybridized carbons (Fsp3) is 0.348. The SMILES string of the molecule is CCCOc1ccc2ccccc2c1C=NN1C(=O)[C@@H]2[C@@H](C1=O)[C@H]1C=C[C@@H]2C1. The van der Waals surface area contributed by atoms with E-state index in [-0.39, 0.29) is 35.5 Å². The molecule has 1 heterocycles. The van der Waals surface area contributed by atoms with Gasteiger partial charge in [0.25, 0.3) is 11.8 Å². The molecule has 2 aliphatic carbocycles. The second kappa shape index (κ2) is 6.59. The fourth-order valence-electron chi connectivity index (χ4n) is 4.86. The minimum Gasteiger partial charge on any atom is -0.493 e.